The summed E-state index contributed by atoms with van der Waals surface area (Å²) in [5.74, 6) is 0.187. The largest absolute Gasteiger partial charge is 0.317 e. The van der Waals surface area contributed by atoms with E-state index in [9.17, 15) is 4.79 Å². The lowest BCUT2D eigenvalue weighted by Gasteiger charge is -2.10. The van der Waals surface area contributed by atoms with Gasteiger partial charge >= 0.3 is 0 Å². The van der Waals surface area contributed by atoms with E-state index in [1.165, 1.54) is 0 Å². The van der Waals surface area contributed by atoms with Gasteiger partial charge < -0.3 is 5.32 Å². The van der Waals surface area contributed by atoms with Crippen molar-refractivity contribution in [3.05, 3.63) is 57.2 Å². The molecule has 4 nitrogen and oxygen atoms in total. The summed E-state index contributed by atoms with van der Waals surface area (Å²) in [6, 6.07) is 10.4. The van der Waals surface area contributed by atoms with Crippen molar-refractivity contribution in [1.82, 2.24) is 10.3 Å². The summed E-state index contributed by atoms with van der Waals surface area (Å²) in [4.78, 5) is 16.3. The Bertz CT molecular complexity index is 708. The fourth-order valence-corrected chi connectivity index (χ4v) is 2.22. The van der Waals surface area contributed by atoms with E-state index in [2.05, 4.69) is 31.5 Å². The van der Waals surface area contributed by atoms with Gasteiger partial charge in [-0.1, -0.05) is 23.7 Å². The van der Waals surface area contributed by atoms with Crippen molar-refractivity contribution in [2.24, 2.45) is 0 Å². The topological polar surface area (TPSA) is 54.0 Å². The van der Waals surface area contributed by atoms with Crippen LogP contribution in [0, 0.1) is 6.92 Å². The van der Waals surface area contributed by atoms with E-state index in [0.717, 1.165) is 10.2 Å². The van der Waals surface area contributed by atoms with Gasteiger partial charge in [-0.2, -0.15) is 0 Å². The van der Waals surface area contributed by atoms with Crippen LogP contribution in [0.1, 0.15) is 16.1 Å². The number of rotatable bonds is 2. The molecule has 0 saturated heterocycles. The maximum absolute atomic E-state index is 12.0. The molecule has 1 aromatic carbocycles. The van der Waals surface area contributed by atoms with Crippen molar-refractivity contribution in [3.63, 3.8) is 0 Å². The van der Waals surface area contributed by atoms with Gasteiger partial charge in [0.1, 0.15) is 5.82 Å². The fraction of sp³-hybridized carbons (Fsp3) is 0.0714. The molecule has 1 amide bonds. The zero-order valence-corrected chi connectivity index (χ0v) is 14.1. The molecule has 2 N–H and O–H groups in total. The highest BCUT2D eigenvalue weighted by Crippen LogP contribution is 2.16. The second-order valence-corrected chi connectivity index (χ2v) is 5.82. The van der Waals surface area contributed by atoms with E-state index in [1.54, 1.807) is 30.3 Å². The first kappa shape index (κ1) is 15.9. The molecule has 108 valence electrons. The molecule has 0 fully saturated rings. The standard InChI is InChI=1S/C14H11BrClN3OS/c1-8-10(15)6-7-12(17-8)18-14(21)19-13(20)9-4-2-3-5-11(9)16/h2-7H,1H3,(H2,17,18,19,20,21). The van der Waals surface area contributed by atoms with Gasteiger partial charge in [-0.05, 0) is 59.3 Å². The van der Waals surface area contributed by atoms with Gasteiger partial charge in [0.15, 0.2) is 5.11 Å². The number of benzene rings is 1. The second-order valence-electron chi connectivity index (χ2n) is 4.15. The van der Waals surface area contributed by atoms with Gasteiger partial charge in [-0.15, -0.1) is 0 Å². The Labute approximate surface area is 141 Å². The highest BCUT2D eigenvalue weighted by molar-refractivity contribution is 9.10. The van der Waals surface area contributed by atoms with Crippen LogP contribution in [-0.2, 0) is 0 Å². The monoisotopic (exact) mass is 383 g/mol. The summed E-state index contributed by atoms with van der Waals surface area (Å²) in [6.07, 6.45) is 0. The van der Waals surface area contributed by atoms with Crippen LogP contribution in [0.5, 0.6) is 0 Å². The number of carbonyl (C=O) groups excluding carboxylic acids is 1. The summed E-state index contributed by atoms with van der Waals surface area (Å²) in [6.45, 7) is 1.86. The first-order valence-electron chi connectivity index (χ1n) is 5.97. The minimum atomic E-state index is -0.369. The third-order valence-corrected chi connectivity index (χ3v) is 3.98. The molecule has 0 radical (unpaired) electrons. The molecule has 0 aliphatic carbocycles. The Morgan fingerprint density at radius 3 is 2.67 bits per heavy atom. The van der Waals surface area contributed by atoms with Crippen molar-refractivity contribution in [2.45, 2.75) is 6.92 Å². The van der Waals surface area contributed by atoms with E-state index in [1.807, 2.05) is 13.0 Å². The van der Waals surface area contributed by atoms with Crippen LogP contribution in [0.15, 0.2) is 40.9 Å². The molecule has 0 atom stereocenters. The zero-order valence-electron chi connectivity index (χ0n) is 11.0. The average Bonchev–Trinajstić information content (AvgIpc) is 2.43. The Kier molecular flexibility index (Phi) is 5.27. The van der Waals surface area contributed by atoms with Gasteiger partial charge in [0, 0.05) is 4.47 Å². The maximum atomic E-state index is 12.0. The van der Waals surface area contributed by atoms with Crippen LogP contribution in [0.25, 0.3) is 0 Å². The molecule has 0 aliphatic rings. The third kappa shape index (κ3) is 4.23. The summed E-state index contributed by atoms with van der Waals surface area (Å²) >= 11 is 14.4. The first-order valence-corrected chi connectivity index (χ1v) is 7.55. The van der Waals surface area contributed by atoms with Gasteiger partial charge in [0.25, 0.3) is 5.91 Å². The molecule has 7 heteroatoms. The molecular weight excluding hydrogens is 374 g/mol. The number of hydrogen-bond acceptors (Lipinski definition) is 3. The predicted octanol–water partition coefficient (Wildman–Crippen LogP) is 3.93. The molecule has 21 heavy (non-hydrogen) atoms. The minimum Gasteiger partial charge on any atom is -0.317 e. The number of aromatic nitrogens is 1. The third-order valence-electron chi connectivity index (χ3n) is 2.61. The lowest BCUT2D eigenvalue weighted by atomic mass is 10.2. The predicted molar refractivity (Wildman–Crippen MR) is 91.8 cm³/mol. The number of hydrogen-bond donors (Lipinski definition) is 2. The van der Waals surface area contributed by atoms with Crippen LogP contribution in [0.3, 0.4) is 0 Å². The number of carbonyl (C=O) groups is 1. The van der Waals surface area contributed by atoms with Crippen molar-refractivity contribution >= 4 is 56.6 Å². The minimum absolute atomic E-state index is 0.161. The van der Waals surface area contributed by atoms with Crippen LogP contribution in [0.2, 0.25) is 5.02 Å². The van der Waals surface area contributed by atoms with Crippen LogP contribution < -0.4 is 10.6 Å². The van der Waals surface area contributed by atoms with Gasteiger partial charge in [0.2, 0.25) is 0 Å². The lowest BCUT2D eigenvalue weighted by Crippen LogP contribution is -2.34. The lowest BCUT2D eigenvalue weighted by molar-refractivity contribution is 0.0978. The van der Waals surface area contributed by atoms with Crippen molar-refractivity contribution in [1.29, 1.82) is 0 Å². The highest BCUT2D eigenvalue weighted by Gasteiger charge is 2.11. The molecule has 2 aromatic rings. The number of thiocarbonyl (C=S) groups is 1. The number of amides is 1. The Hall–Kier alpha value is -1.50. The Balaban J connectivity index is 2.03. The number of anilines is 1. The van der Waals surface area contributed by atoms with Gasteiger partial charge in [-0.3, -0.25) is 10.1 Å². The summed E-state index contributed by atoms with van der Waals surface area (Å²) < 4.78 is 0.902. The SMILES string of the molecule is Cc1nc(NC(=S)NC(=O)c2ccccc2Cl)ccc1Br. The zero-order chi connectivity index (χ0) is 15.4. The van der Waals surface area contributed by atoms with Gasteiger partial charge in [-0.25, -0.2) is 4.98 Å². The molecule has 0 saturated carbocycles. The average molecular weight is 385 g/mol. The molecular formula is C14H11BrClN3OS. The van der Waals surface area contributed by atoms with E-state index in [0.29, 0.717) is 16.4 Å². The van der Waals surface area contributed by atoms with Crippen molar-refractivity contribution in [2.75, 3.05) is 5.32 Å². The van der Waals surface area contributed by atoms with Crippen molar-refractivity contribution in [3.8, 4) is 0 Å². The molecule has 0 aliphatic heterocycles. The van der Waals surface area contributed by atoms with Crippen LogP contribution in [-0.4, -0.2) is 16.0 Å². The summed E-state index contributed by atoms with van der Waals surface area (Å²) in [7, 11) is 0. The molecule has 2 rings (SSSR count). The van der Waals surface area contributed by atoms with Crippen LogP contribution in [0.4, 0.5) is 5.82 Å². The smallest absolute Gasteiger partial charge is 0.258 e. The number of nitrogens with zero attached hydrogens (tertiary/aromatic N) is 1. The molecule has 0 bridgehead atoms. The number of halogens is 2. The Morgan fingerprint density at radius 1 is 1.29 bits per heavy atom. The fourth-order valence-electron chi connectivity index (χ4n) is 1.58. The molecule has 0 spiro atoms. The first-order chi connectivity index (χ1) is 9.97. The van der Waals surface area contributed by atoms with Crippen LogP contribution >= 0.6 is 39.7 Å². The number of pyridine rings is 1. The number of nitrogens with one attached hydrogen (secondary N) is 2. The molecule has 1 heterocycles. The highest BCUT2D eigenvalue weighted by atomic mass is 79.9. The van der Waals surface area contributed by atoms with E-state index < -0.39 is 0 Å². The Morgan fingerprint density at radius 2 is 2.00 bits per heavy atom. The summed E-state index contributed by atoms with van der Waals surface area (Å²) in [5.41, 5.74) is 1.18. The van der Waals surface area contributed by atoms with E-state index >= 15 is 0 Å². The van der Waals surface area contributed by atoms with Gasteiger partial charge in [0.05, 0.1) is 16.3 Å². The number of aryl methyl sites for hydroxylation is 1. The molecule has 0 unspecified atom stereocenters. The summed E-state index contributed by atoms with van der Waals surface area (Å²) in [5, 5.41) is 5.95. The molecule has 1 aromatic heterocycles. The maximum Gasteiger partial charge on any atom is 0.258 e. The quantitative estimate of drug-likeness (QED) is 0.770. The van der Waals surface area contributed by atoms with E-state index in [4.69, 9.17) is 23.8 Å². The van der Waals surface area contributed by atoms with Crippen molar-refractivity contribution < 1.29 is 4.79 Å². The normalized spacial score (nSPS) is 10.0. The van der Waals surface area contributed by atoms with E-state index in [-0.39, 0.29) is 11.0 Å². The second kappa shape index (κ2) is 6.98.